The molecule has 29 heavy (non-hydrogen) atoms. The maximum Gasteiger partial charge on any atom is 0.253 e. The van der Waals surface area contributed by atoms with Crippen molar-refractivity contribution in [2.45, 2.75) is 33.7 Å². The molecule has 0 aromatic heterocycles. The molecule has 0 bridgehead atoms. The topological polar surface area (TPSA) is 64.3 Å². The molecule has 154 valence electrons. The predicted octanol–water partition coefficient (Wildman–Crippen LogP) is 5.65. The minimum Gasteiger partial charge on any atom is -0.457 e. The van der Waals surface area contributed by atoms with E-state index in [1.807, 2.05) is 44.2 Å². The van der Waals surface area contributed by atoms with E-state index in [0.29, 0.717) is 34.4 Å². The average Bonchev–Trinajstić information content (AvgIpc) is 2.70. The third kappa shape index (κ3) is 8.71. The Morgan fingerprint density at radius 2 is 1.86 bits per heavy atom. The van der Waals surface area contributed by atoms with E-state index in [-0.39, 0.29) is 5.91 Å². The molecule has 0 radical (unpaired) electrons. The molecule has 3 N–H and O–H groups in total. The van der Waals surface area contributed by atoms with E-state index in [9.17, 15) is 4.79 Å². The fraction of sp³-hybridized carbons (Fsp3) is 0.208. The predicted molar refractivity (Wildman–Crippen MR) is 122 cm³/mol. The second-order valence-corrected chi connectivity index (χ2v) is 6.84. The van der Waals surface area contributed by atoms with Crippen LogP contribution in [0.4, 0.5) is 0 Å². The number of carbonyl (C=O) groups excluding carboxylic acids is 1. The average molecular weight is 413 g/mol. The van der Waals surface area contributed by atoms with Crippen molar-refractivity contribution in [2.75, 3.05) is 0 Å². The molecular weight excluding hydrogens is 384 g/mol. The summed E-state index contributed by atoms with van der Waals surface area (Å²) in [6, 6.07) is 7.39. The Hall–Kier alpha value is -2.98. The Morgan fingerprint density at radius 3 is 2.38 bits per heavy atom. The first kappa shape index (κ1) is 24.1. The molecule has 0 saturated carbocycles. The van der Waals surface area contributed by atoms with Crippen molar-refractivity contribution in [3.8, 4) is 5.75 Å². The van der Waals surface area contributed by atoms with Crippen LogP contribution in [0.25, 0.3) is 0 Å². The molecule has 0 saturated heterocycles. The SMILES string of the molecule is C=C/C=C(\C=C)Oc1ccc(CNC(=O)C(/C=C(/Cl)C=C(C)CC)=C(/C)N)cc1. The van der Waals surface area contributed by atoms with E-state index in [1.54, 1.807) is 31.2 Å². The van der Waals surface area contributed by atoms with Crippen LogP contribution in [0, 0.1) is 0 Å². The molecule has 1 aromatic carbocycles. The van der Waals surface area contributed by atoms with Gasteiger partial charge in [0.05, 0.1) is 5.57 Å². The first-order chi connectivity index (χ1) is 13.8. The summed E-state index contributed by atoms with van der Waals surface area (Å²) in [7, 11) is 0. The zero-order valence-corrected chi connectivity index (χ0v) is 18.1. The molecule has 4 nitrogen and oxygen atoms in total. The minimum absolute atomic E-state index is 0.283. The van der Waals surface area contributed by atoms with Gasteiger partial charge in [0.25, 0.3) is 5.91 Å². The summed E-state index contributed by atoms with van der Waals surface area (Å²) in [5.74, 6) is 0.985. The monoisotopic (exact) mass is 412 g/mol. The number of amides is 1. The third-order valence-corrected chi connectivity index (χ3v) is 4.21. The number of nitrogens with two attached hydrogens (primary N) is 1. The van der Waals surface area contributed by atoms with Gasteiger partial charge in [-0.15, -0.1) is 0 Å². The van der Waals surface area contributed by atoms with Crippen molar-refractivity contribution >= 4 is 17.5 Å². The molecule has 0 aliphatic carbocycles. The Kier molecular flexibility index (Phi) is 10.3. The molecule has 0 atom stereocenters. The Bertz CT molecular complexity index is 855. The largest absolute Gasteiger partial charge is 0.457 e. The van der Waals surface area contributed by atoms with Crippen LogP contribution in [0.3, 0.4) is 0 Å². The quantitative estimate of drug-likeness (QED) is 0.296. The summed E-state index contributed by atoms with van der Waals surface area (Å²) in [6.07, 6.45) is 9.26. The van der Waals surface area contributed by atoms with Crippen LogP contribution >= 0.6 is 11.6 Å². The van der Waals surface area contributed by atoms with Gasteiger partial charge in [0.1, 0.15) is 11.5 Å². The van der Waals surface area contributed by atoms with Gasteiger partial charge in [-0.05, 0) is 62.3 Å². The molecule has 0 aliphatic heterocycles. The fourth-order valence-corrected chi connectivity index (χ4v) is 2.52. The highest BCUT2D eigenvalue weighted by molar-refractivity contribution is 6.31. The Labute approximate surface area is 178 Å². The molecule has 1 rings (SSSR count). The molecule has 0 aliphatic rings. The van der Waals surface area contributed by atoms with Crippen molar-refractivity contribution in [2.24, 2.45) is 5.73 Å². The first-order valence-electron chi connectivity index (χ1n) is 9.31. The second-order valence-electron chi connectivity index (χ2n) is 6.41. The summed E-state index contributed by atoms with van der Waals surface area (Å²) < 4.78 is 5.67. The van der Waals surface area contributed by atoms with Crippen LogP contribution in [0.2, 0.25) is 0 Å². The third-order valence-electron chi connectivity index (χ3n) is 3.99. The summed E-state index contributed by atoms with van der Waals surface area (Å²) >= 11 is 6.23. The number of ether oxygens (including phenoxy) is 1. The maximum absolute atomic E-state index is 12.5. The zero-order valence-electron chi connectivity index (χ0n) is 17.3. The molecule has 0 spiro atoms. The number of rotatable bonds is 10. The van der Waals surface area contributed by atoms with Gasteiger partial charge in [-0.3, -0.25) is 4.79 Å². The Balaban J connectivity index is 2.80. The van der Waals surface area contributed by atoms with Gasteiger partial charge in [0.2, 0.25) is 0 Å². The van der Waals surface area contributed by atoms with Crippen LogP contribution in [0.1, 0.15) is 32.8 Å². The first-order valence-corrected chi connectivity index (χ1v) is 9.69. The van der Waals surface area contributed by atoms with Gasteiger partial charge in [-0.1, -0.05) is 55.5 Å². The van der Waals surface area contributed by atoms with E-state index in [1.165, 1.54) is 0 Å². The summed E-state index contributed by atoms with van der Waals surface area (Å²) in [5, 5.41) is 3.33. The van der Waals surface area contributed by atoms with E-state index in [0.717, 1.165) is 17.6 Å². The number of benzene rings is 1. The van der Waals surface area contributed by atoms with Gasteiger partial charge >= 0.3 is 0 Å². The lowest BCUT2D eigenvalue weighted by molar-refractivity contribution is -0.117. The fourth-order valence-electron chi connectivity index (χ4n) is 2.22. The van der Waals surface area contributed by atoms with Gasteiger partial charge in [-0.2, -0.15) is 0 Å². The number of nitrogens with one attached hydrogen (secondary N) is 1. The molecule has 0 fully saturated rings. The van der Waals surface area contributed by atoms with Gasteiger partial charge in [-0.25, -0.2) is 0 Å². The summed E-state index contributed by atoms with van der Waals surface area (Å²) in [6.45, 7) is 13.4. The molecular formula is C24H29ClN2O2. The van der Waals surface area contributed by atoms with Crippen molar-refractivity contribution < 1.29 is 9.53 Å². The normalized spacial score (nSPS) is 13.4. The second kappa shape index (κ2) is 12.5. The summed E-state index contributed by atoms with van der Waals surface area (Å²) in [5.41, 5.74) is 8.67. The van der Waals surface area contributed by atoms with Crippen molar-refractivity contribution in [1.82, 2.24) is 5.32 Å². The molecule has 0 heterocycles. The summed E-state index contributed by atoms with van der Waals surface area (Å²) in [4.78, 5) is 12.5. The van der Waals surface area contributed by atoms with Crippen LogP contribution in [-0.4, -0.2) is 5.91 Å². The van der Waals surface area contributed by atoms with E-state index in [4.69, 9.17) is 22.1 Å². The van der Waals surface area contributed by atoms with E-state index < -0.39 is 0 Å². The zero-order chi connectivity index (χ0) is 21.8. The van der Waals surface area contributed by atoms with Gasteiger partial charge < -0.3 is 15.8 Å². The highest BCUT2D eigenvalue weighted by atomic mass is 35.5. The van der Waals surface area contributed by atoms with Gasteiger partial charge in [0.15, 0.2) is 0 Å². The van der Waals surface area contributed by atoms with Crippen molar-refractivity contribution in [3.05, 3.63) is 101 Å². The van der Waals surface area contributed by atoms with Crippen molar-refractivity contribution in [3.63, 3.8) is 0 Å². The lowest BCUT2D eigenvalue weighted by Crippen LogP contribution is -2.25. The number of halogens is 1. The number of hydrogen-bond acceptors (Lipinski definition) is 3. The number of carbonyl (C=O) groups is 1. The smallest absolute Gasteiger partial charge is 0.253 e. The maximum atomic E-state index is 12.5. The van der Waals surface area contributed by atoms with E-state index >= 15 is 0 Å². The van der Waals surface area contributed by atoms with Crippen LogP contribution in [0.5, 0.6) is 5.75 Å². The Morgan fingerprint density at radius 1 is 1.21 bits per heavy atom. The minimum atomic E-state index is -0.283. The van der Waals surface area contributed by atoms with Crippen LogP contribution in [-0.2, 0) is 11.3 Å². The molecule has 0 unspecified atom stereocenters. The lowest BCUT2D eigenvalue weighted by Gasteiger charge is -2.10. The standard InChI is InChI=1S/C24H29ClN2O2/c1-6-9-21(8-3)29-22-12-10-19(11-13-22)16-27-24(28)23(18(5)26)15-20(25)14-17(4)7-2/h6,8-15H,1,3,7,16,26H2,2,4-5H3,(H,27,28)/b17-14?,20-15+,21-9+,23-18-. The highest BCUT2D eigenvalue weighted by Gasteiger charge is 2.10. The highest BCUT2D eigenvalue weighted by Crippen LogP contribution is 2.17. The van der Waals surface area contributed by atoms with Crippen molar-refractivity contribution in [1.29, 1.82) is 0 Å². The number of hydrogen-bond donors (Lipinski definition) is 2. The molecule has 1 aromatic rings. The number of allylic oxidation sites excluding steroid dienone is 7. The van der Waals surface area contributed by atoms with Crippen LogP contribution in [0.15, 0.2) is 95.4 Å². The molecule has 5 heteroatoms. The lowest BCUT2D eigenvalue weighted by atomic mass is 10.1. The molecule has 1 amide bonds. The van der Waals surface area contributed by atoms with Crippen LogP contribution < -0.4 is 15.8 Å². The van der Waals surface area contributed by atoms with Gasteiger partial charge in [0, 0.05) is 17.3 Å². The van der Waals surface area contributed by atoms with E-state index in [2.05, 4.69) is 18.5 Å².